The molecule has 1 aromatic carbocycles. The number of unbranched alkanes of at least 4 members (excludes halogenated alkanes) is 11. The number of carbonyl (C=O) groups is 2. The van der Waals surface area contributed by atoms with E-state index in [-0.39, 0.29) is 5.91 Å². The zero-order chi connectivity index (χ0) is 21.9. The lowest BCUT2D eigenvalue weighted by Gasteiger charge is -2.12. The van der Waals surface area contributed by atoms with Gasteiger partial charge in [-0.05, 0) is 31.4 Å². The van der Waals surface area contributed by atoms with Crippen molar-refractivity contribution in [3.63, 3.8) is 0 Å². The maximum absolute atomic E-state index is 12.2. The maximum atomic E-state index is 12.2. The molecule has 0 atom stereocenters. The minimum Gasteiger partial charge on any atom is -0.491 e. The SMILES string of the molecule is CCCCOc1ccccc1NC(=O)CCCCCCCCCCCCCC(=O)O. The van der Waals surface area contributed by atoms with Gasteiger partial charge < -0.3 is 15.2 Å². The van der Waals surface area contributed by atoms with Crippen LogP contribution in [0.15, 0.2) is 24.3 Å². The Morgan fingerprint density at radius 3 is 1.90 bits per heavy atom. The second-order valence-corrected chi connectivity index (χ2v) is 8.03. The monoisotopic (exact) mass is 419 g/mol. The summed E-state index contributed by atoms with van der Waals surface area (Å²) in [6, 6.07) is 7.64. The third-order valence-corrected chi connectivity index (χ3v) is 5.21. The van der Waals surface area contributed by atoms with Crippen LogP contribution in [-0.2, 0) is 9.59 Å². The van der Waals surface area contributed by atoms with Crippen LogP contribution in [0.4, 0.5) is 5.69 Å². The summed E-state index contributed by atoms with van der Waals surface area (Å²) in [5.41, 5.74) is 0.765. The molecule has 0 bridgehead atoms. The lowest BCUT2D eigenvalue weighted by molar-refractivity contribution is -0.137. The third-order valence-electron chi connectivity index (χ3n) is 5.21. The fourth-order valence-electron chi connectivity index (χ4n) is 3.39. The van der Waals surface area contributed by atoms with Gasteiger partial charge >= 0.3 is 5.97 Å². The summed E-state index contributed by atoms with van der Waals surface area (Å²) in [6.07, 6.45) is 15.3. The average molecular weight is 420 g/mol. The van der Waals surface area contributed by atoms with E-state index in [0.29, 0.717) is 19.4 Å². The van der Waals surface area contributed by atoms with Crippen LogP contribution in [0.3, 0.4) is 0 Å². The molecule has 0 aliphatic carbocycles. The number of ether oxygens (including phenoxy) is 1. The number of rotatable bonds is 19. The van der Waals surface area contributed by atoms with E-state index in [1.165, 1.54) is 38.5 Å². The normalized spacial score (nSPS) is 10.7. The molecule has 0 saturated heterocycles. The fourth-order valence-corrected chi connectivity index (χ4v) is 3.39. The Morgan fingerprint density at radius 1 is 0.800 bits per heavy atom. The van der Waals surface area contributed by atoms with Gasteiger partial charge in [-0.1, -0.05) is 83.3 Å². The molecule has 1 rings (SSSR count). The Labute approximate surface area is 182 Å². The molecule has 0 aliphatic heterocycles. The number of hydrogen-bond acceptors (Lipinski definition) is 3. The van der Waals surface area contributed by atoms with Crippen LogP contribution in [0.2, 0.25) is 0 Å². The van der Waals surface area contributed by atoms with E-state index in [2.05, 4.69) is 12.2 Å². The first kappa shape index (κ1) is 26.0. The van der Waals surface area contributed by atoms with E-state index in [1.807, 2.05) is 24.3 Å². The van der Waals surface area contributed by atoms with Crippen molar-refractivity contribution in [2.24, 2.45) is 0 Å². The van der Waals surface area contributed by atoms with Gasteiger partial charge in [-0.2, -0.15) is 0 Å². The molecule has 5 nitrogen and oxygen atoms in total. The van der Waals surface area contributed by atoms with Crippen LogP contribution in [0.5, 0.6) is 5.75 Å². The van der Waals surface area contributed by atoms with Crippen molar-refractivity contribution in [3.8, 4) is 5.75 Å². The molecular formula is C25H41NO4. The second-order valence-electron chi connectivity index (χ2n) is 8.03. The van der Waals surface area contributed by atoms with Crippen LogP contribution in [0.1, 0.15) is 103 Å². The van der Waals surface area contributed by atoms with Crippen molar-refractivity contribution in [1.82, 2.24) is 0 Å². The fraction of sp³-hybridized carbons (Fsp3) is 0.680. The lowest BCUT2D eigenvalue weighted by atomic mass is 10.0. The van der Waals surface area contributed by atoms with Gasteiger partial charge in [0, 0.05) is 12.8 Å². The molecule has 0 fully saturated rings. The smallest absolute Gasteiger partial charge is 0.303 e. The first-order valence-electron chi connectivity index (χ1n) is 11.9. The van der Waals surface area contributed by atoms with Crippen molar-refractivity contribution in [2.45, 2.75) is 103 Å². The molecular weight excluding hydrogens is 378 g/mol. The Hall–Kier alpha value is -2.04. The maximum Gasteiger partial charge on any atom is 0.303 e. The summed E-state index contributed by atoms with van der Waals surface area (Å²) in [6.45, 7) is 2.80. The number of benzene rings is 1. The van der Waals surface area contributed by atoms with Crippen molar-refractivity contribution in [3.05, 3.63) is 24.3 Å². The predicted molar refractivity (Wildman–Crippen MR) is 123 cm³/mol. The standard InChI is InChI=1S/C25H41NO4/c1-2-3-21-30-23-18-16-15-17-22(23)26-24(27)19-13-11-9-7-5-4-6-8-10-12-14-20-25(28)29/h15-18H,2-14,19-21H2,1H3,(H,26,27)(H,28,29). The number of para-hydroxylation sites is 2. The zero-order valence-electron chi connectivity index (χ0n) is 18.8. The summed E-state index contributed by atoms with van der Waals surface area (Å²) in [4.78, 5) is 22.6. The minimum absolute atomic E-state index is 0.0597. The third kappa shape index (κ3) is 14.0. The topological polar surface area (TPSA) is 75.6 Å². The summed E-state index contributed by atoms with van der Waals surface area (Å²) < 4.78 is 5.77. The number of nitrogens with one attached hydrogen (secondary N) is 1. The summed E-state index contributed by atoms with van der Waals surface area (Å²) >= 11 is 0. The molecule has 0 aliphatic rings. The van der Waals surface area contributed by atoms with E-state index in [1.54, 1.807) is 0 Å². The van der Waals surface area contributed by atoms with Gasteiger partial charge in [0.1, 0.15) is 5.75 Å². The van der Waals surface area contributed by atoms with Gasteiger partial charge in [0.15, 0.2) is 0 Å². The van der Waals surface area contributed by atoms with Gasteiger partial charge in [0.25, 0.3) is 0 Å². The predicted octanol–water partition coefficient (Wildman–Crippen LogP) is 6.96. The second kappa shape index (κ2) is 17.8. The van der Waals surface area contributed by atoms with Crippen molar-refractivity contribution < 1.29 is 19.4 Å². The molecule has 0 heterocycles. The number of carboxylic acids is 1. The summed E-state index contributed by atoms with van der Waals surface area (Å²) in [5, 5.41) is 11.6. The van der Waals surface area contributed by atoms with Crippen LogP contribution < -0.4 is 10.1 Å². The van der Waals surface area contributed by atoms with Gasteiger partial charge in [-0.15, -0.1) is 0 Å². The van der Waals surface area contributed by atoms with Crippen molar-refractivity contribution in [1.29, 1.82) is 0 Å². The molecule has 1 aromatic rings. The Morgan fingerprint density at radius 2 is 1.33 bits per heavy atom. The molecule has 1 amide bonds. The highest BCUT2D eigenvalue weighted by atomic mass is 16.5. The summed E-state index contributed by atoms with van der Waals surface area (Å²) in [7, 11) is 0. The highest BCUT2D eigenvalue weighted by Gasteiger charge is 2.07. The van der Waals surface area contributed by atoms with Crippen LogP contribution in [0, 0.1) is 0 Å². The lowest BCUT2D eigenvalue weighted by Crippen LogP contribution is -2.12. The Kier molecular flexibility index (Phi) is 15.4. The van der Waals surface area contributed by atoms with Gasteiger partial charge in [-0.3, -0.25) is 9.59 Å². The first-order chi connectivity index (χ1) is 14.6. The van der Waals surface area contributed by atoms with E-state index in [9.17, 15) is 9.59 Å². The highest BCUT2D eigenvalue weighted by Crippen LogP contribution is 2.24. The molecule has 0 aromatic heterocycles. The van der Waals surface area contributed by atoms with Gasteiger partial charge in [0.05, 0.1) is 12.3 Å². The number of hydrogen-bond donors (Lipinski definition) is 2. The van der Waals surface area contributed by atoms with Crippen molar-refractivity contribution >= 4 is 17.6 Å². The molecule has 0 radical (unpaired) electrons. The Bertz CT molecular complexity index is 588. The minimum atomic E-state index is -0.686. The molecule has 0 unspecified atom stereocenters. The number of carboxylic acid groups (broad SMARTS) is 1. The molecule has 170 valence electrons. The van der Waals surface area contributed by atoms with Crippen LogP contribution in [0.25, 0.3) is 0 Å². The van der Waals surface area contributed by atoms with Gasteiger partial charge in [0.2, 0.25) is 5.91 Å². The van der Waals surface area contributed by atoms with E-state index in [0.717, 1.165) is 56.4 Å². The largest absolute Gasteiger partial charge is 0.491 e. The zero-order valence-corrected chi connectivity index (χ0v) is 18.8. The number of anilines is 1. The van der Waals surface area contributed by atoms with Gasteiger partial charge in [-0.25, -0.2) is 0 Å². The molecule has 5 heteroatoms. The quantitative estimate of drug-likeness (QED) is 0.238. The first-order valence-corrected chi connectivity index (χ1v) is 11.9. The highest BCUT2D eigenvalue weighted by molar-refractivity contribution is 5.92. The molecule has 30 heavy (non-hydrogen) atoms. The van der Waals surface area contributed by atoms with E-state index in [4.69, 9.17) is 9.84 Å². The van der Waals surface area contributed by atoms with E-state index < -0.39 is 5.97 Å². The molecule has 2 N–H and O–H groups in total. The van der Waals surface area contributed by atoms with E-state index >= 15 is 0 Å². The molecule has 0 spiro atoms. The number of aliphatic carboxylic acids is 1. The number of carbonyl (C=O) groups excluding carboxylic acids is 1. The van der Waals surface area contributed by atoms with Crippen LogP contribution >= 0.6 is 0 Å². The van der Waals surface area contributed by atoms with Crippen LogP contribution in [-0.4, -0.2) is 23.6 Å². The average Bonchev–Trinajstić information content (AvgIpc) is 2.72. The molecule has 0 saturated carbocycles. The van der Waals surface area contributed by atoms with Crippen molar-refractivity contribution in [2.75, 3.05) is 11.9 Å². The Balaban J connectivity index is 1.99. The summed E-state index contributed by atoms with van der Waals surface area (Å²) in [5.74, 6) is 0.124. The number of amides is 1.